The van der Waals surface area contributed by atoms with Gasteiger partial charge in [-0.15, -0.1) is 0 Å². The molecule has 0 saturated heterocycles. The first-order valence-electron chi connectivity index (χ1n) is 6.03. The third-order valence-electron chi connectivity index (χ3n) is 3.01. The van der Waals surface area contributed by atoms with E-state index in [9.17, 15) is 4.79 Å². The van der Waals surface area contributed by atoms with Crippen LogP contribution in [0.4, 0.5) is 0 Å². The van der Waals surface area contributed by atoms with E-state index in [4.69, 9.17) is 4.74 Å². The fourth-order valence-electron chi connectivity index (χ4n) is 1.94. The van der Waals surface area contributed by atoms with Crippen molar-refractivity contribution in [2.24, 2.45) is 0 Å². The van der Waals surface area contributed by atoms with Crippen molar-refractivity contribution in [1.29, 1.82) is 0 Å². The van der Waals surface area contributed by atoms with Gasteiger partial charge in [-0.3, -0.25) is 0 Å². The Hall–Kier alpha value is -2.09. The van der Waals surface area contributed by atoms with Crippen LogP contribution in [-0.2, 0) is 11.2 Å². The normalized spacial score (nSPS) is 10.1. The second-order valence-corrected chi connectivity index (χ2v) is 4.09. The van der Waals surface area contributed by atoms with Crippen molar-refractivity contribution < 1.29 is 9.53 Å². The molecule has 0 heterocycles. The fraction of sp³-hybridized carbons (Fsp3) is 0.188. The lowest BCUT2D eigenvalue weighted by atomic mass is 9.98. The van der Waals surface area contributed by atoms with Crippen molar-refractivity contribution in [3.63, 3.8) is 0 Å². The van der Waals surface area contributed by atoms with E-state index in [0.29, 0.717) is 5.56 Å². The molecular weight excluding hydrogens is 224 g/mol. The Balaban J connectivity index is 2.46. The summed E-state index contributed by atoms with van der Waals surface area (Å²) in [5.74, 6) is -0.301. The van der Waals surface area contributed by atoms with Gasteiger partial charge in [-0.2, -0.15) is 0 Å². The summed E-state index contributed by atoms with van der Waals surface area (Å²) in [6.07, 6.45) is 1.01. The van der Waals surface area contributed by atoms with E-state index in [1.54, 1.807) is 6.07 Å². The van der Waals surface area contributed by atoms with Gasteiger partial charge in [0.25, 0.3) is 0 Å². The Labute approximate surface area is 107 Å². The molecule has 2 aromatic rings. The van der Waals surface area contributed by atoms with Crippen molar-refractivity contribution in [2.75, 3.05) is 7.11 Å². The predicted octanol–water partition coefficient (Wildman–Crippen LogP) is 3.70. The lowest BCUT2D eigenvalue weighted by Crippen LogP contribution is -2.03. The molecule has 0 aliphatic heterocycles. The summed E-state index contributed by atoms with van der Waals surface area (Å²) in [6, 6.07) is 15.8. The van der Waals surface area contributed by atoms with Gasteiger partial charge in [0.1, 0.15) is 0 Å². The zero-order valence-electron chi connectivity index (χ0n) is 10.6. The van der Waals surface area contributed by atoms with Gasteiger partial charge in [0.05, 0.1) is 12.7 Å². The van der Waals surface area contributed by atoms with Crippen LogP contribution in [0.25, 0.3) is 11.1 Å². The average molecular weight is 240 g/mol. The van der Waals surface area contributed by atoms with Gasteiger partial charge in [0.2, 0.25) is 0 Å². The smallest absolute Gasteiger partial charge is 0.338 e. The van der Waals surface area contributed by atoms with Crippen molar-refractivity contribution in [3.05, 3.63) is 59.7 Å². The highest BCUT2D eigenvalue weighted by atomic mass is 16.5. The maximum absolute atomic E-state index is 11.7. The largest absolute Gasteiger partial charge is 0.465 e. The molecule has 0 aliphatic carbocycles. The SMILES string of the molecule is CCc1ccc(-c2ccccc2C(=O)OC)cc1. The van der Waals surface area contributed by atoms with E-state index >= 15 is 0 Å². The predicted molar refractivity (Wildman–Crippen MR) is 72.6 cm³/mol. The maximum atomic E-state index is 11.7. The first-order valence-corrected chi connectivity index (χ1v) is 6.03. The number of methoxy groups -OCH3 is 1. The summed E-state index contributed by atoms with van der Waals surface area (Å²) in [7, 11) is 1.40. The zero-order valence-corrected chi connectivity index (χ0v) is 10.6. The van der Waals surface area contributed by atoms with Crippen LogP contribution in [0.2, 0.25) is 0 Å². The molecule has 0 atom stereocenters. The first kappa shape index (κ1) is 12.4. The fourth-order valence-corrected chi connectivity index (χ4v) is 1.94. The van der Waals surface area contributed by atoms with E-state index in [1.165, 1.54) is 12.7 Å². The minimum Gasteiger partial charge on any atom is -0.465 e. The average Bonchev–Trinajstić information content (AvgIpc) is 2.46. The van der Waals surface area contributed by atoms with Crippen molar-refractivity contribution in [3.8, 4) is 11.1 Å². The molecule has 2 aromatic carbocycles. The number of carbonyl (C=O) groups is 1. The van der Waals surface area contributed by atoms with E-state index in [1.807, 2.05) is 30.3 Å². The molecular formula is C16H16O2. The van der Waals surface area contributed by atoms with E-state index in [-0.39, 0.29) is 5.97 Å². The summed E-state index contributed by atoms with van der Waals surface area (Å²) >= 11 is 0. The number of aryl methyl sites for hydroxylation is 1. The van der Waals surface area contributed by atoms with Crippen molar-refractivity contribution in [2.45, 2.75) is 13.3 Å². The zero-order chi connectivity index (χ0) is 13.0. The molecule has 0 amide bonds. The van der Waals surface area contributed by atoms with Crippen LogP contribution in [0.15, 0.2) is 48.5 Å². The van der Waals surface area contributed by atoms with Crippen LogP contribution < -0.4 is 0 Å². The monoisotopic (exact) mass is 240 g/mol. The standard InChI is InChI=1S/C16H16O2/c1-3-12-8-10-13(11-9-12)14-6-4-5-7-15(14)16(17)18-2/h4-11H,3H2,1-2H3. The van der Waals surface area contributed by atoms with Gasteiger partial charge in [-0.25, -0.2) is 4.79 Å². The summed E-state index contributed by atoms with van der Waals surface area (Å²) in [4.78, 5) is 11.7. The van der Waals surface area contributed by atoms with Crippen molar-refractivity contribution in [1.82, 2.24) is 0 Å². The summed E-state index contributed by atoms with van der Waals surface area (Å²) in [5, 5.41) is 0. The molecule has 2 heteroatoms. The van der Waals surface area contributed by atoms with Crippen LogP contribution in [0, 0.1) is 0 Å². The molecule has 0 unspecified atom stereocenters. The van der Waals surface area contributed by atoms with Gasteiger partial charge in [0, 0.05) is 0 Å². The number of rotatable bonds is 3. The molecule has 0 aliphatic rings. The number of benzene rings is 2. The lowest BCUT2D eigenvalue weighted by molar-refractivity contribution is 0.0601. The highest BCUT2D eigenvalue weighted by Gasteiger charge is 2.11. The van der Waals surface area contributed by atoms with Crippen LogP contribution in [-0.4, -0.2) is 13.1 Å². The molecule has 2 rings (SSSR count). The highest BCUT2D eigenvalue weighted by Crippen LogP contribution is 2.24. The number of hydrogen-bond donors (Lipinski definition) is 0. The minimum absolute atomic E-state index is 0.301. The molecule has 0 radical (unpaired) electrons. The van der Waals surface area contributed by atoms with Gasteiger partial charge in [0.15, 0.2) is 0 Å². The van der Waals surface area contributed by atoms with E-state index in [2.05, 4.69) is 19.1 Å². The maximum Gasteiger partial charge on any atom is 0.338 e. The molecule has 0 N–H and O–H groups in total. The quantitative estimate of drug-likeness (QED) is 0.764. The van der Waals surface area contributed by atoms with Crippen LogP contribution in [0.1, 0.15) is 22.8 Å². The van der Waals surface area contributed by atoms with E-state index < -0.39 is 0 Å². The van der Waals surface area contributed by atoms with Gasteiger partial charge in [-0.05, 0) is 29.2 Å². The summed E-state index contributed by atoms with van der Waals surface area (Å²) in [6.45, 7) is 2.12. The number of esters is 1. The summed E-state index contributed by atoms with van der Waals surface area (Å²) in [5.41, 5.74) is 3.83. The Morgan fingerprint density at radius 1 is 1.06 bits per heavy atom. The molecule has 18 heavy (non-hydrogen) atoms. The molecule has 2 nitrogen and oxygen atoms in total. The number of carbonyl (C=O) groups excluding carboxylic acids is 1. The Bertz CT molecular complexity index is 541. The second kappa shape index (κ2) is 5.50. The van der Waals surface area contributed by atoms with Crippen LogP contribution >= 0.6 is 0 Å². The minimum atomic E-state index is -0.301. The van der Waals surface area contributed by atoms with Gasteiger partial charge >= 0.3 is 5.97 Å². The topological polar surface area (TPSA) is 26.3 Å². The molecule has 0 aromatic heterocycles. The third kappa shape index (κ3) is 2.43. The Morgan fingerprint density at radius 3 is 2.33 bits per heavy atom. The van der Waals surface area contributed by atoms with Crippen LogP contribution in [0.5, 0.6) is 0 Å². The molecule has 92 valence electrons. The summed E-state index contributed by atoms with van der Waals surface area (Å²) < 4.78 is 4.80. The Kier molecular flexibility index (Phi) is 3.78. The number of ether oxygens (including phenoxy) is 1. The first-order chi connectivity index (χ1) is 8.76. The molecule has 0 bridgehead atoms. The van der Waals surface area contributed by atoms with Gasteiger partial charge < -0.3 is 4.74 Å². The van der Waals surface area contributed by atoms with E-state index in [0.717, 1.165) is 17.5 Å². The third-order valence-corrected chi connectivity index (χ3v) is 3.01. The molecule has 0 saturated carbocycles. The van der Waals surface area contributed by atoms with Crippen LogP contribution in [0.3, 0.4) is 0 Å². The molecule has 0 spiro atoms. The van der Waals surface area contributed by atoms with Gasteiger partial charge in [-0.1, -0.05) is 49.4 Å². The number of hydrogen-bond acceptors (Lipinski definition) is 2. The second-order valence-electron chi connectivity index (χ2n) is 4.09. The lowest BCUT2D eigenvalue weighted by Gasteiger charge is -2.08. The molecule has 0 fully saturated rings. The van der Waals surface area contributed by atoms with Crippen molar-refractivity contribution >= 4 is 5.97 Å². The highest BCUT2D eigenvalue weighted by molar-refractivity contribution is 5.97. The Morgan fingerprint density at radius 2 is 1.72 bits per heavy atom.